The molecule has 136 valence electrons. The maximum Gasteiger partial charge on any atom is 0.253 e. The van der Waals surface area contributed by atoms with Crippen molar-refractivity contribution < 1.29 is 23.5 Å². The van der Waals surface area contributed by atoms with Crippen LogP contribution in [0.2, 0.25) is 0 Å². The standard InChI is InChI=1S/C19H19FN2O4/c1-25-16-7-3-6-15(9-16)22-11-17(26-12-18(22)23)10-21-19(24)13-4-2-5-14(20)8-13/h2-9,17H,10-12H2,1H3,(H,21,24). The number of carbonyl (C=O) groups is 2. The van der Waals surface area contributed by atoms with E-state index in [1.165, 1.54) is 24.3 Å². The number of carbonyl (C=O) groups excluding carboxylic acids is 2. The predicted octanol–water partition coefficient (Wildman–Crippen LogP) is 2.00. The molecule has 0 radical (unpaired) electrons. The summed E-state index contributed by atoms with van der Waals surface area (Å²) in [6.07, 6.45) is -0.364. The molecule has 1 fully saturated rings. The average molecular weight is 358 g/mol. The van der Waals surface area contributed by atoms with Crippen LogP contribution in [0.5, 0.6) is 5.75 Å². The van der Waals surface area contributed by atoms with Crippen molar-refractivity contribution in [3.8, 4) is 5.75 Å². The molecule has 26 heavy (non-hydrogen) atoms. The quantitative estimate of drug-likeness (QED) is 0.888. The van der Waals surface area contributed by atoms with Gasteiger partial charge in [0, 0.05) is 23.9 Å². The largest absolute Gasteiger partial charge is 0.497 e. The Morgan fingerprint density at radius 2 is 2.12 bits per heavy atom. The van der Waals surface area contributed by atoms with E-state index in [-0.39, 0.29) is 30.7 Å². The molecule has 1 saturated heterocycles. The second-order valence-electron chi connectivity index (χ2n) is 5.86. The summed E-state index contributed by atoms with van der Waals surface area (Å²) in [4.78, 5) is 25.9. The van der Waals surface area contributed by atoms with E-state index in [2.05, 4.69) is 5.32 Å². The van der Waals surface area contributed by atoms with Crippen LogP contribution in [0.25, 0.3) is 0 Å². The van der Waals surface area contributed by atoms with Gasteiger partial charge in [0.2, 0.25) is 0 Å². The molecule has 2 aromatic rings. The first-order valence-electron chi connectivity index (χ1n) is 8.16. The zero-order valence-corrected chi connectivity index (χ0v) is 14.3. The van der Waals surface area contributed by atoms with Gasteiger partial charge in [0.1, 0.15) is 18.2 Å². The smallest absolute Gasteiger partial charge is 0.253 e. The second-order valence-corrected chi connectivity index (χ2v) is 5.86. The molecular formula is C19H19FN2O4. The maximum absolute atomic E-state index is 13.2. The van der Waals surface area contributed by atoms with Crippen molar-refractivity contribution in [2.45, 2.75) is 6.10 Å². The number of amides is 2. The number of ether oxygens (including phenoxy) is 2. The number of halogens is 1. The summed E-state index contributed by atoms with van der Waals surface area (Å²) >= 11 is 0. The predicted molar refractivity (Wildman–Crippen MR) is 93.8 cm³/mol. The van der Waals surface area contributed by atoms with E-state index in [0.717, 1.165) is 0 Å². The summed E-state index contributed by atoms with van der Waals surface area (Å²) in [7, 11) is 1.56. The molecule has 1 aliphatic heterocycles. The number of anilines is 1. The Labute approximate surface area is 150 Å². The number of methoxy groups -OCH3 is 1. The Bertz CT molecular complexity index is 812. The van der Waals surface area contributed by atoms with Gasteiger partial charge in [0.05, 0.1) is 19.8 Å². The van der Waals surface area contributed by atoms with Crippen molar-refractivity contribution in [3.63, 3.8) is 0 Å². The lowest BCUT2D eigenvalue weighted by atomic mass is 10.2. The van der Waals surface area contributed by atoms with Crippen LogP contribution in [0.1, 0.15) is 10.4 Å². The lowest BCUT2D eigenvalue weighted by Gasteiger charge is -2.33. The van der Waals surface area contributed by atoms with Gasteiger partial charge in [0.15, 0.2) is 0 Å². The summed E-state index contributed by atoms with van der Waals surface area (Å²) < 4.78 is 23.9. The van der Waals surface area contributed by atoms with Gasteiger partial charge in [-0.1, -0.05) is 12.1 Å². The van der Waals surface area contributed by atoms with Crippen LogP contribution < -0.4 is 15.0 Å². The molecule has 6 nitrogen and oxygen atoms in total. The lowest BCUT2D eigenvalue weighted by molar-refractivity contribution is -0.129. The normalized spacial score (nSPS) is 17.1. The van der Waals surface area contributed by atoms with Gasteiger partial charge in [0.25, 0.3) is 11.8 Å². The molecule has 1 unspecified atom stereocenters. The molecule has 0 saturated carbocycles. The number of nitrogens with zero attached hydrogens (tertiary/aromatic N) is 1. The van der Waals surface area contributed by atoms with E-state index < -0.39 is 11.7 Å². The summed E-state index contributed by atoms with van der Waals surface area (Å²) in [6, 6.07) is 12.6. The van der Waals surface area contributed by atoms with Crippen molar-refractivity contribution in [1.82, 2.24) is 5.32 Å². The van der Waals surface area contributed by atoms with Gasteiger partial charge >= 0.3 is 0 Å². The highest BCUT2D eigenvalue weighted by Gasteiger charge is 2.28. The molecule has 1 N–H and O–H groups in total. The third-order valence-corrected chi connectivity index (χ3v) is 4.07. The number of rotatable bonds is 5. The van der Waals surface area contributed by atoms with Gasteiger partial charge in [-0.05, 0) is 30.3 Å². The molecule has 0 spiro atoms. The Morgan fingerprint density at radius 1 is 1.31 bits per heavy atom. The van der Waals surface area contributed by atoms with E-state index in [0.29, 0.717) is 18.0 Å². The molecule has 0 bridgehead atoms. The van der Waals surface area contributed by atoms with Crippen LogP contribution in [0, 0.1) is 5.82 Å². The minimum Gasteiger partial charge on any atom is -0.497 e. The van der Waals surface area contributed by atoms with E-state index in [1.807, 2.05) is 6.07 Å². The topological polar surface area (TPSA) is 67.9 Å². The molecule has 2 amide bonds. The highest BCUT2D eigenvalue weighted by atomic mass is 19.1. The highest BCUT2D eigenvalue weighted by molar-refractivity contribution is 5.95. The monoisotopic (exact) mass is 358 g/mol. The first kappa shape index (κ1) is 17.9. The number of hydrogen-bond donors (Lipinski definition) is 1. The van der Waals surface area contributed by atoms with Crippen LogP contribution >= 0.6 is 0 Å². The minimum absolute atomic E-state index is 0.0717. The van der Waals surface area contributed by atoms with Crippen LogP contribution in [-0.4, -0.2) is 44.7 Å². The number of nitrogens with one attached hydrogen (secondary N) is 1. The van der Waals surface area contributed by atoms with Crippen molar-refractivity contribution in [1.29, 1.82) is 0 Å². The zero-order valence-electron chi connectivity index (χ0n) is 14.3. The van der Waals surface area contributed by atoms with E-state index in [1.54, 1.807) is 30.2 Å². The Morgan fingerprint density at radius 3 is 2.88 bits per heavy atom. The number of benzene rings is 2. The van der Waals surface area contributed by atoms with Gasteiger partial charge in [-0.25, -0.2) is 4.39 Å². The first-order chi connectivity index (χ1) is 12.6. The molecule has 3 rings (SSSR count). The van der Waals surface area contributed by atoms with E-state index >= 15 is 0 Å². The van der Waals surface area contributed by atoms with Crippen LogP contribution in [-0.2, 0) is 9.53 Å². The van der Waals surface area contributed by atoms with E-state index in [9.17, 15) is 14.0 Å². The lowest BCUT2D eigenvalue weighted by Crippen LogP contribution is -2.50. The Balaban J connectivity index is 1.62. The fourth-order valence-electron chi connectivity index (χ4n) is 2.71. The molecule has 1 heterocycles. The Hall–Kier alpha value is -2.93. The number of morpholine rings is 1. The molecular weight excluding hydrogens is 339 g/mol. The SMILES string of the molecule is COc1cccc(N2CC(CNC(=O)c3cccc(F)c3)OCC2=O)c1. The van der Waals surface area contributed by atoms with Crippen molar-refractivity contribution in [3.05, 3.63) is 59.9 Å². The fourth-order valence-corrected chi connectivity index (χ4v) is 2.71. The van der Waals surface area contributed by atoms with Gasteiger partial charge in [-0.15, -0.1) is 0 Å². The summed E-state index contributed by atoms with van der Waals surface area (Å²) in [5.74, 6) is -0.372. The summed E-state index contributed by atoms with van der Waals surface area (Å²) in [5, 5.41) is 2.71. The Kier molecular flexibility index (Phi) is 5.48. The average Bonchev–Trinajstić information content (AvgIpc) is 2.67. The van der Waals surface area contributed by atoms with Crippen LogP contribution in [0.15, 0.2) is 48.5 Å². The maximum atomic E-state index is 13.2. The van der Waals surface area contributed by atoms with Crippen LogP contribution in [0.4, 0.5) is 10.1 Å². The third-order valence-electron chi connectivity index (χ3n) is 4.07. The zero-order chi connectivity index (χ0) is 18.5. The molecule has 2 aromatic carbocycles. The van der Waals surface area contributed by atoms with Crippen molar-refractivity contribution in [2.75, 3.05) is 31.7 Å². The van der Waals surface area contributed by atoms with Gasteiger partial charge < -0.3 is 19.7 Å². The van der Waals surface area contributed by atoms with Gasteiger partial charge in [-0.3, -0.25) is 9.59 Å². The highest BCUT2D eigenvalue weighted by Crippen LogP contribution is 2.23. The minimum atomic E-state index is -0.471. The van der Waals surface area contributed by atoms with Crippen molar-refractivity contribution in [2.24, 2.45) is 0 Å². The summed E-state index contributed by atoms with van der Waals surface area (Å²) in [6.45, 7) is 0.441. The number of hydrogen-bond acceptors (Lipinski definition) is 4. The molecule has 1 atom stereocenters. The second kappa shape index (κ2) is 7.97. The summed E-state index contributed by atoms with van der Waals surface area (Å²) in [5.41, 5.74) is 0.945. The molecule has 0 aromatic heterocycles. The molecule has 7 heteroatoms. The van der Waals surface area contributed by atoms with Gasteiger partial charge in [-0.2, -0.15) is 0 Å². The van der Waals surface area contributed by atoms with E-state index in [4.69, 9.17) is 9.47 Å². The molecule has 0 aliphatic carbocycles. The fraction of sp³-hybridized carbons (Fsp3) is 0.263. The first-order valence-corrected chi connectivity index (χ1v) is 8.16. The van der Waals surface area contributed by atoms with Crippen molar-refractivity contribution >= 4 is 17.5 Å². The third kappa shape index (κ3) is 4.18. The molecule has 1 aliphatic rings. The van der Waals surface area contributed by atoms with Crippen LogP contribution in [0.3, 0.4) is 0 Å².